The number of amides is 1. The summed E-state index contributed by atoms with van der Waals surface area (Å²) >= 11 is 0. The van der Waals surface area contributed by atoms with Crippen LogP contribution in [0.25, 0.3) is 22.2 Å². The molecule has 5 rings (SSSR count). The number of halogens is 3. The summed E-state index contributed by atoms with van der Waals surface area (Å²) in [5.41, 5.74) is 2.85. The molecule has 0 bridgehead atoms. The summed E-state index contributed by atoms with van der Waals surface area (Å²) in [7, 11) is 0. The zero-order valence-electron chi connectivity index (χ0n) is 18.7. The van der Waals surface area contributed by atoms with Crippen LogP contribution in [0.1, 0.15) is 18.0 Å². The number of carbonyl (C=O) groups is 1. The summed E-state index contributed by atoms with van der Waals surface area (Å²) in [5.74, 6) is -0.0882. The van der Waals surface area contributed by atoms with Gasteiger partial charge in [0.1, 0.15) is 5.69 Å². The fraction of sp³-hybridized carbons (Fsp3) is 0.192. The van der Waals surface area contributed by atoms with Gasteiger partial charge in [0.05, 0.1) is 17.1 Å². The Morgan fingerprint density at radius 2 is 1.91 bits per heavy atom. The minimum absolute atomic E-state index is 0.0411. The molecule has 2 aromatic heterocycles. The molecule has 4 aromatic rings. The van der Waals surface area contributed by atoms with Gasteiger partial charge in [0.2, 0.25) is 5.91 Å². The molecule has 0 saturated carbocycles. The molecule has 3 heterocycles. The third kappa shape index (κ3) is 4.49. The Labute approximate surface area is 199 Å². The van der Waals surface area contributed by atoms with Gasteiger partial charge in [-0.05, 0) is 48.9 Å². The quantitative estimate of drug-likeness (QED) is 0.368. The topological polar surface area (TPSA) is 63.1 Å². The van der Waals surface area contributed by atoms with E-state index in [9.17, 15) is 18.0 Å². The van der Waals surface area contributed by atoms with Crippen molar-refractivity contribution < 1.29 is 18.0 Å². The first-order valence-electron chi connectivity index (χ1n) is 11.1. The number of alkyl halides is 3. The summed E-state index contributed by atoms with van der Waals surface area (Å²) in [6.45, 7) is 4.77. The standard InChI is InChI=1S/C26H22F3N5O/c1-2-24(35)33-13-11-21(16-33)34-23-10-12-30-15-22(23)25(32-34)17-6-8-19(9-7-17)31-20-5-3-4-18(14-20)26(27,28)29/h2-10,12,14-15,21,31H,1,11,13,16H2. The van der Waals surface area contributed by atoms with Gasteiger partial charge >= 0.3 is 6.18 Å². The highest BCUT2D eigenvalue weighted by molar-refractivity contribution is 5.93. The van der Waals surface area contributed by atoms with E-state index in [1.54, 1.807) is 35.5 Å². The number of nitrogens with one attached hydrogen (secondary N) is 1. The molecule has 0 aliphatic carbocycles. The lowest BCUT2D eigenvalue weighted by Gasteiger charge is -2.15. The Hall–Kier alpha value is -4.14. The van der Waals surface area contributed by atoms with Crippen LogP contribution in [0, 0.1) is 0 Å². The number of aromatic nitrogens is 3. The largest absolute Gasteiger partial charge is 0.416 e. The normalized spacial score (nSPS) is 16.0. The first-order valence-corrected chi connectivity index (χ1v) is 11.1. The van der Waals surface area contributed by atoms with E-state index in [1.165, 1.54) is 12.1 Å². The van der Waals surface area contributed by atoms with Crippen LogP contribution in [0.3, 0.4) is 0 Å². The molecule has 178 valence electrons. The molecule has 1 atom stereocenters. The molecule has 1 amide bonds. The highest BCUT2D eigenvalue weighted by atomic mass is 19.4. The molecule has 1 aliphatic rings. The minimum atomic E-state index is -4.40. The van der Waals surface area contributed by atoms with Gasteiger partial charge in [-0.25, -0.2) is 0 Å². The number of pyridine rings is 1. The van der Waals surface area contributed by atoms with Gasteiger partial charge in [-0.3, -0.25) is 14.5 Å². The van der Waals surface area contributed by atoms with Gasteiger partial charge in [-0.1, -0.05) is 24.8 Å². The van der Waals surface area contributed by atoms with Crippen molar-refractivity contribution in [2.24, 2.45) is 0 Å². The molecule has 6 nitrogen and oxygen atoms in total. The van der Waals surface area contributed by atoms with Crippen LogP contribution in [0.4, 0.5) is 24.5 Å². The van der Waals surface area contributed by atoms with Gasteiger partial charge in [-0.2, -0.15) is 18.3 Å². The van der Waals surface area contributed by atoms with Crippen molar-refractivity contribution >= 4 is 28.2 Å². The van der Waals surface area contributed by atoms with Crippen molar-refractivity contribution in [3.8, 4) is 11.3 Å². The number of fused-ring (bicyclic) bond motifs is 1. The number of rotatable bonds is 5. The van der Waals surface area contributed by atoms with Crippen molar-refractivity contribution in [1.82, 2.24) is 19.7 Å². The lowest BCUT2D eigenvalue weighted by Crippen LogP contribution is -2.27. The van der Waals surface area contributed by atoms with Crippen molar-refractivity contribution in [3.63, 3.8) is 0 Å². The first kappa shape index (κ1) is 22.6. The molecule has 1 aliphatic heterocycles. The van der Waals surface area contributed by atoms with Gasteiger partial charge in [0.15, 0.2) is 0 Å². The average Bonchev–Trinajstić information content (AvgIpc) is 3.49. The molecule has 1 saturated heterocycles. The summed E-state index contributed by atoms with van der Waals surface area (Å²) in [6, 6.07) is 14.4. The maximum Gasteiger partial charge on any atom is 0.416 e. The van der Waals surface area contributed by atoms with Crippen LogP contribution in [0.5, 0.6) is 0 Å². The van der Waals surface area contributed by atoms with E-state index in [1.807, 2.05) is 22.9 Å². The average molecular weight is 477 g/mol. The molecule has 0 spiro atoms. The zero-order chi connectivity index (χ0) is 24.6. The van der Waals surface area contributed by atoms with E-state index in [4.69, 9.17) is 5.10 Å². The van der Waals surface area contributed by atoms with Crippen LogP contribution in [-0.2, 0) is 11.0 Å². The van der Waals surface area contributed by atoms with Crippen molar-refractivity contribution in [3.05, 3.63) is 85.2 Å². The van der Waals surface area contributed by atoms with Crippen molar-refractivity contribution in [2.75, 3.05) is 18.4 Å². The van der Waals surface area contributed by atoms with Crippen molar-refractivity contribution in [2.45, 2.75) is 18.6 Å². The predicted molar refractivity (Wildman–Crippen MR) is 128 cm³/mol. The van der Waals surface area contributed by atoms with Crippen LogP contribution >= 0.6 is 0 Å². The van der Waals surface area contributed by atoms with Crippen LogP contribution in [0.2, 0.25) is 0 Å². The Kier molecular flexibility index (Phi) is 5.76. The number of carbonyl (C=O) groups excluding carboxylic acids is 1. The molecule has 1 fully saturated rings. The smallest absolute Gasteiger partial charge is 0.356 e. The number of hydrogen-bond donors (Lipinski definition) is 1. The van der Waals surface area contributed by atoms with E-state index in [2.05, 4.69) is 16.9 Å². The molecule has 35 heavy (non-hydrogen) atoms. The molecule has 1 unspecified atom stereocenters. The van der Waals surface area contributed by atoms with Crippen molar-refractivity contribution in [1.29, 1.82) is 0 Å². The lowest BCUT2D eigenvalue weighted by atomic mass is 10.1. The second-order valence-corrected chi connectivity index (χ2v) is 8.40. The summed E-state index contributed by atoms with van der Waals surface area (Å²) in [4.78, 5) is 18.0. The van der Waals surface area contributed by atoms with Crippen LogP contribution in [-0.4, -0.2) is 38.7 Å². The van der Waals surface area contributed by atoms with E-state index in [0.717, 1.165) is 40.7 Å². The maximum atomic E-state index is 13.0. The second kappa shape index (κ2) is 8.90. The van der Waals surface area contributed by atoms with Crippen LogP contribution in [0.15, 0.2) is 79.6 Å². The molecule has 9 heteroatoms. The monoisotopic (exact) mass is 477 g/mol. The SMILES string of the molecule is C=CC(=O)N1CCC(n2nc(-c3ccc(Nc4cccc(C(F)(F)F)c4)cc3)c3cnccc32)C1. The Morgan fingerprint density at radius 1 is 1.11 bits per heavy atom. The Balaban J connectivity index is 1.42. The van der Waals surface area contributed by atoms with Gasteiger partial charge in [0, 0.05) is 47.8 Å². The van der Waals surface area contributed by atoms with E-state index < -0.39 is 11.7 Å². The number of benzene rings is 2. The van der Waals surface area contributed by atoms with E-state index in [0.29, 0.717) is 24.5 Å². The number of likely N-dealkylation sites (tertiary alicyclic amines) is 1. The molecule has 0 radical (unpaired) electrons. The highest BCUT2D eigenvalue weighted by Crippen LogP contribution is 2.34. The van der Waals surface area contributed by atoms with Gasteiger partial charge in [0.25, 0.3) is 0 Å². The van der Waals surface area contributed by atoms with Crippen LogP contribution < -0.4 is 5.32 Å². The third-order valence-corrected chi connectivity index (χ3v) is 6.14. The zero-order valence-corrected chi connectivity index (χ0v) is 18.7. The minimum Gasteiger partial charge on any atom is -0.356 e. The van der Waals surface area contributed by atoms with Gasteiger partial charge < -0.3 is 10.2 Å². The number of nitrogens with zero attached hydrogens (tertiary/aromatic N) is 4. The molecule has 2 aromatic carbocycles. The number of anilines is 2. The number of hydrogen-bond acceptors (Lipinski definition) is 4. The summed E-state index contributed by atoms with van der Waals surface area (Å²) < 4.78 is 41.0. The first-order chi connectivity index (χ1) is 16.8. The molecular formula is C26H22F3N5O. The molecule has 1 N–H and O–H groups in total. The highest BCUT2D eigenvalue weighted by Gasteiger charge is 2.30. The van der Waals surface area contributed by atoms with Gasteiger partial charge in [-0.15, -0.1) is 0 Å². The predicted octanol–water partition coefficient (Wildman–Crippen LogP) is 5.82. The molecular weight excluding hydrogens is 455 g/mol. The lowest BCUT2D eigenvalue weighted by molar-refractivity contribution is -0.137. The second-order valence-electron chi connectivity index (χ2n) is 8.40. The third-order valence-electron chi connectivity index (χ3n) is 6.14. The summed E-state index contributed by atoms with van der Waals surface area (Å²) in [5, 5.41) is 8.79. The van der Waals surface area contributed by atoms with E-state index >= 15 is 0 Å². The fourth-order valence-electron chi connectivity index (χ4n) is 4.40. The maximum absolute atomic E-state index is 13.0. The summed E-state index contributed by atoms with van der Waals surface area (Å²) in [6.07, 6.45) is 1.20. The Bertz CT molecular complexity index is 1390. The fourth-order valence-corrected chi connectivity index (χ4v) is 4.40. The Morgan fingerprint density at radius 3 is 2.66 bits per heavy atom. The van der Waals surface area contributed by atoms with E-state index in [-0.39, 0.29) is 11.9 Å².